The smallest absolute Gasteiger partial charge is 0.314 e. The highest BCUT2D eigenvalue weighted by atomic mass is 16.6. The Kier molecular flexibility index (Phi) is 3.71. The van der Waals surface area contributed by atoms with Gasteiger partial charge in [-0.3, -0.25) is 4.79 Å². The van der Waals surface area contributed by atoms with Crippen molar-refractivity contribution in [3.63, 3.8) is 0 Å². The van der Waals surface area contributed by atoms with Crippen LogP contribution >= 0.6 is 0 Å². The molecule has 1 aromatic carbocycles. The fraction of sp³-hybridized carbons (Fsp3) is 0.533. The molecule has 0 amide bonds. The largest absolute Gasteiger partial charge is 0.459 e. The van der Waals surface area contributed by atoms with Crippen LogP contribution in [-0.2, 0) is 16.0 Å². The number of carbonyl (C=O) groups excluding carboxylic acids is 1. The van der Waals surface area contributed by atoms with Crippen LogP contribution < -0.4 is 0 Å². The van der Waals surface area contributed by atoms with E-state index in [2.05, 4.69) is 0 Å². The summed E-state index contributed by atoms with van der Waals surface area (Å²) in [5.74, 6) is -0.268. The zero-order chi connectivity index (χ0) is 13.2. The van der Waals surface area contributed by atoms with Gasteiger partial charge in [0, 0.05) is 0 Å². The lowest BCUT2D eigenvalue weighted by Crippen LogP contribution is -2.36. The molecule has 0 aromatic heterocycles. The molecule has 1 N–H and O–H groups in total. The molecule has 1 aliphatic heterocycles. The molecule has 0 saturated carbocycles. The van der Waals surface area contributed by atoms with Gasteiger partial charge in [-0.1, -0.05) is 37.3 Å². The van der Waals surface area contributed by atoms with Crippen molar-refractivity contribution in [3.05, 3.63) is 35.9 Å². The number of ether oxygens (including phenoxy) is 1. The Morgan fingerprint density at radius 2 is 2.00 bits per heavy atom. The van der Waals surface area contributed by atoms with Crippen molar-refractivity contribution in [2.45, 2.75) is 45.3 Å². The van der Waals surface area contributed by atoms with E-state index in [1.807, 2.05) is 37.3 Å². The Labute approximate surface area is 108 Å². The predicted octanol–water partition coefficient (Wildman–Crippen LogP) is 2.32. The lowest BCUT2D eigenvalue weighted by atomic mass is 9.81. The van der Waals surface area contributed by atoms with E-state index in [0.717, 1.165) is 6.42 Å². The number of aliphatic hydroxyl groups excluding tert-OH is 1. The second-order valence-corrected chi connectivity index (χ2v) is 5.18. The minimum Gasteiger partial charge on any atom is -0.459 e. The summed E-state index contributed by atoms with van der Waals surface area (Å²) in [5.41, 5.74) is 0.465. The van der Waals surface area contributed by atoms with E-state index in [-0.39, 0.29) is 12.1 Å². The zero-order valence-corrected chi connectivity index (χ0v) is 10.9. The first kappa shape index (κ1) is 13.1. The normalized spacial score (nSPS) is 31.4. The number of rotatable bonds is 4. The molecule has 0 spiro atoms. The number of esters is 1. The van der Waals surface area contributed by atoms with Gasteiger partial charge in [0.15, 0.2) is 0 Å². The van der Waals surface area contributed by atoms with E-state index < -0.39 is 11.5 Å². The molecular weight excluding hydrogens is 228 g/mol. The fourth-order valence-corrected chi connectivity index (χ4v) is 2.39. The molecule has 1 aliphatic rings. The van der Waals surface area contributed by atoms with Gasteiger partial charge in [0.1, 0.15) is 12.2 Å². The molecule has 1 heterocycles. The SMILES string of the molecule is CC[C@]1(C)C(=O)O[C@H](CCc2ccccc2)[C@@H]1O. The van der Waals surface area contributed by atoms with Gasteiger partial charge >= 0.3 is 5.97 Å². The molecule has 3 heteroatoms. The van der Waals surface area contributed by atoms with Crippen molar-refractivity contribution < 1.29 is 14.6 Å². The maximum Gasteiger partial charge on any atom is 0.314 e. The lowest BCUT2D eigenvalue weighted by Gasteiger charge is -2.22. The first-order chi connectivity index (χ1) is 8.58. The maximum atomic E-state index is 11.8. The van der Waals surface area contributed by atoms with Crippen molar-refractivity contribution >= 4 is 5.97 Å². The van der Waals surface area contributed by atoms with Gasteiger partial charge in [-0.15, -0.1) is 0 Å². The highest BCUT2D eigenvalue weighted by Crippen LogP contribution is 2.38. The molecule has 0 bridgehead atoms. The van der Waals surface area contributed by atoms with Gasteiger partial charge in [-0.05, 0) is 31.7 Å². The monoisotopic (exact) mass is 248 g/mol. The third-order valence-electron chi connectivity index (χ3n) is 4.02. The fourth-order valence-electron chi connectivity index (χ4n) is 2.39. The Morgan fingerprint density at radius 3 is 2.56 bits per heavy atom. The van der Waals surface area contributed by atoms with E-state index in [1.54, 1.807) is 6.92 Å². The van der Waals surface area contributed by atoms with Crippen LogP contribution in [0.3, 0.4) is 0 Å². The van der Waals surface area contributed by atoms with Gasteiger partial charge in [-0.25, -0.2) is 0 Å². The number of benzene rings is 1. The summed E-state index contributed by atoms with van der Waals surface area (Å²) >= 11 is 0. The number of carbonyl (C=O) groups is 1. The second-order valence-electron chi connectivity index (χ2n) is 5.18. The van der Waals surface area contributed by atoms with Gasteiger partial charge in [0.25, 0.3) is 0 Å². The molecule has 1 fully saturated rings. The van der Waals surface area contributed by atoms with Crippen LogP contribution in [0.15, 0.2) is 30.3 Å². The predicted molar refractivity (Wildman–Crippen MR) is 69.0 cm³/mol. The first-order valence-electron chi connectivity index (χ1n) is 6.51. The lowest BCUT2D eigenvalue weighted by molar-refractivity contribution is -0.148. The van der Waals surface area contributed by atoms with E-state index in [0.29, 0.717) is 12.8 Å². The minimum atomic E-state index is -0.735. The number of hydrogen-bond acceptors (Lipinski definition) is 3. The summed E-state index contributed by atoms with van der Waals surface area (Å²) in [6.45, 7) is 3.69. The summed E-state index contributed by atoms with van der Waals surface area (Å²) < 4.78 is 5.31. The van der Waals surface area contributed by atoms with Crippen molar-refractivity contribution in [1.82, 2.24) is 0 Å². The van der Waals surface area contributed by atoms with Crippen LogP contribution in [0.25, 0.3) is 0 Å². The molecule has 0 unspecified atom stereocenters. The van der Waals surface area contributed by atoms with E-state index in [9.17, 15) is 9.90 Å². The molecule has 0 aliphatic carbocycles. The number of cyclic esters (lactones) is 1. The summed E-state index contributed by atoms with van der Waals surface area (Å²) in [6, 6.07) is 10.0. The van der Waals surface area contributed by atoms with Crippen LogP contribution in [0.5, 0.6) is 0 Å². The number of aliphatic hydroxyl groups is 1. The molecule has 1 saturated heterocycles. The van der Waals surface area contributed by atoms with Gasteiger partial charge in [0.05, 0.1) is 5.41 Å². The minimum absolute atomic E-state index is 0.268. The average Bonchev–Trinajstić information content (AvgIpc) is 2.62. The molecule has 3 nitrogen and oxygen atoms in total. The summed E-state index contributed by atoms with van der Waals surface area (Å²) in [5, 5.41) is 10.2. The molecule has 2 rings (SSSR count). The molecule has 98 valence electrons. The molecule has 0 radical (unpaired) electrons. The van der Waals surface area contributed by atoms with Crippen LogP contribution in [0, 0.1) is 5.41 Å². The molecule has 18 heavy (non-hydrogen) atoms. The van der Waals surface area contributed by atoms with Crippen LogP contribution in [0.4, 0.5) is 0 Å². The Bertz CT molecular complexity index is 415. The van der Waals surface area contributed by atoms with E-state index in [1.165, 1.54) is 5.56 Å². The van der Waals surface area contributed by atoms with E-state index >= 15 is 0 Å². The van der Waals surface area contributed by atoms with Crippen molar-refractivity contribution in [3.8, 4) is 0 Å². The Hall–Kier alpha value is -1.35. The quantitative estimate of drug-likeness (QED) is 0.832. The summed E-state index contributed by atoms with van der Waals surface area (Å²) in [6.07, 6.45) is 1.03. The van der Waals surface area contributed by atoms with Crippen LogP contribution in [-0.4, -0.2) is 23.3 Å². The van der Waals surface area contributed by atoms with Crippen molar-refractivity contribution in [2.24, 2.45) is 5.41 Å². The highest BCUT2D eigenvalue weighted by molar-refractivity contribution is 5.79. The second kappa shape index (κ2) is 5.11. The number of hydrogen-bond donors (Lipinski definition) is 1. The molecule has 3 atom stereocenters. The zero-order valence-electron chi connectivity index (χ0n) is 10.9. The topological polar surface area (TPSA) is 46.5 Å². The Morgan fingerprint density at radius 1 is 1.33 bits per heavy atom. The average molecular weight is 248 g/mol. The summed E-state index contributed by atoms with van der Waals surface area (Å²) in [7, 11) is 0. The van der Waals surface area contributed by atoms with Crippen LogP contribution in [0.2, 0.25) is 0 Å². The molecular formula is C15H20O3. The Balaban J connectivity index is 1.98. The van der Waals surface area contributed by atoms with Gasteiger partial charge in [0.2, 0.25) is 0 Å². The molecule has 1 aromatic rings. The third kappa shape index (κ3) is 2.27. The third-order valence-corrected chi connectivity index (χ3v) is 4.02. The van der Waals surface area contributed by atoms with Gasteiger partial charge in [-0.2, -0.15) is 0 Å². The van der Waals surface area contributed by atoms with Crippen molar-refractivity contribution in [2.75, 3.05) is 0 Å². The van der Waals surface area contributed by atoms with Crippen LogP contribution in [0.1, 0.15) is 32.3 Å². The summed E-state index contributed by atoms with van der Waals surface area (Å²) in [4.78, 5) is 11.8. The highest BCUT2D eigenvalue weighted by Gasteiger charge is 2.51. The standard InChI is InChI=1S/C15H20O3/c1-3-15(2)13(16)12(18-14(15)17)10-9-11-7-5-4-6-8-11/h4-8,12-13,16H,3,9-10H2,1-2H3/t12-,13+,15+/m1/s1. The van der Waals surface area contributed by atoms with Crippen molar-refractivity contribution in [1.29, 1.82) is 0 Å². The maximum absolute atomic E-state index is 11.8. The van der Waals surface area contributed by atoms with E-state index in [4.69, 9.17) is 4.74 Å². The first-order valence-corrected chi connectivity index (χ1v) is 6.51. The number of aryl methyl sites for hydroxylation is 1. The van der Waals surface area contributed by atoms with Gasteiger partial charge < -0.3 is 9.84 Å².